The molecule has 162 valence electrons. The Kier molecular flexibility index (Phi) is 9.18. The third-order valence-electron chi connectivity index (χ3n) is 4.02. The van der Waals surface area contributed by atoms with Gasteiger partial charge in [-0.1, -0.05) is 13.0 Å². The number of nitrogens with one attached hydrogen (secondary N) is 1. The van der Waals surface area contributed by atoms with E-state index in [1.165, 1.54) is 19.1 Å². The van der Waals surface area contributed by atoms with Crippen molar-refractivity contribution in [1.29, 1.82) is 0 Å². The zero-order valence-corrected chi connectivity index (χ0v) is 20.0. The average molecular weight is 520 g/mol. The molecule has 0 aliphatic heterocycles. The number of likely N-dealkylation sites (N-methyl/N-ethyl adjacent to an activating group) is 1. The lowest BCUT2D eigenvalue weighted by Gasteiger charge is -2.31. The first-order valence-corrected chi connectivity index (χ1v) is 10.2. The monoisotopic (exact) mass is 520 g/mol. The molecule has 9 heteroatoms. The third-order valence-corrected chi connectivity index (χ3v) is 4.86. The van der Waals surface area contributed by atoms with Crippen molar-refractivity contribution < 1.29 is 28.6 Å². The molecule has 2 atom stereocenters. The summed E-state index contributed by atoms with van der Waals surface area (Å²) in [4.78, 5) is 38.9. The highest BCUT2D eigenvalue weighted by Crippen LogP contribution is 2.28. The van der Waals surface area contributed by atoms with E-state index < -0.39 is 35.7 Å². The van der Waals surface area contributed by atoms with Crippen molar-refractivity contribution in [3.8, 4) is 5.75 Å². The highest BCUT2D eigenvalue weighted by atomic mass is 127. The number of carbonyl (C=O) groups is 3. The maximum Gasteiger partial charge on any atom is 0.410 e. The second-order valence-corrected chi connectivity index (χ2v) is 8.54. The zero-order valence-electron chi connectivity index (χ0n) is 17.9. The molecule has 0 aliphatic rings. The van der Waals surface area contributed by atoms with Crippen molar-refractivity contribution in [2.24, 2.45) is 0 Å². The Hall–Kier alpha value is -2.04. The van der Waals surface area contributed by atoms with E-state index in [0.29, 0.717) is 17.7 Å². The van der Waals surface area contributed by atoms with Crippen LogP contribution in [0.3, 0.4) is 0 Å². The van der Waals surface area contributed by atoms with Gasteiger partial charge in [0.1, 0.15) is 23.4 Å². The number of methoxy groups -OCH3 is 2. The van der Waals surface area contributed by atoms with Crippen LogP contribution < -0.4 is 10.1 Å². The van der Waals surface area contributed by atoms with E-state index in [1.54, 1.807) is 53.0 Å². The van der Waals surface area contributed by atoms with Gasteiger partial charge in [0.05, 0.1) is 17.8 Å². The third kappa shape index (κ3) is 7.06. The summed E-state index contributed by atoms with van der Waals surface area (Å²) in [5, 5.41) is 2.67. The summed E-state index contributed by atoms with van der Waals surface area (Å²) < 4.78 is 16.2. The Balaban J connectivity index is 3.30. The van der Waals surface area contributed by atoms with E-state index in [2.05, 4.69) is 27.9 Å². The summed E-state index contributed by atoms with van der Waals surface area (Å²) in [5.74, 6) is -0.421. The van der Waals surface area contributed by atoms with Crippen LogP contribution >= 0.6 is 22.6 Å². The molecular formula is C20H29IN2O6. The number of halogens is 1. The van der Waals surface area contributed by atoms with Gasteiger partial charge in [-0.05, 0) is 67.5 Å². The topological polar surface area (TPSA) is 94.2 Å². The molecule has 0 bridgehead atoms. The van der Waals surface area contributed by atoms with Crippen molar-refractivity contribution in [2.45, 2.75) is 51.8 Å². The number of hydrogen-bond donors (Lipinski definition) is 1. The molecule has 0 spiro atoms. The van der Waals surface area contributed by atoms with Crippen LogP contribution in [0.5, 0.6) is 5.75 Å². The van der Waals surface area contributed by atoms with Gasteiger partial charge in [0.25, 0.3) is 0 Å². The van der Waals surface area contributed by atoms with Gasteiger partial charge in [-0.15, -0.1) is 0 Å². The molecule has 0 heterocycles. The lowest BCUT2D eigenvalue weighted by atomic mass is 10.0. The standard InChI is InChI=1S/C20H29IN2O6/c1-8-14(18(25)28-7)22-17(24)16(23(5)19(26)29-20(2,3)4)12-9-10-15(27-6)13(21)11-12/h9-11,14,16H,8H2,1-7H3,(H,22,24)/t14-,16-/m0/s1. The molecule has 29 heavy (non-hydrogen) atoms. The zero-order chi connectivity index (χ0) is 22.4. The van der Waals surface area contributed by atoms with E-state index in [1.807, 2.05) is 0 Å². The fourth-order valence-corrected chi connectivity index (χ4v) is 3.32. The Morgan fingerprint density at radius 3 is 2.28 bits per heavy atom. The van der Waals surface area contributed by atoms with Crippen molar-refractivity contribution in [1.82, 2.24) is 10.2 Å². The Bertz CT molecular complexity index is 747. The smallest absolute Gasteiger partial charge is 0.410 e. The highest BCUT2D eigenvalue weighted by Gasteiger charge is 2.34. The van der Waals surface area contributed by atoms with E-state index in [4.69, 9.17) is 14.2 Å². The first-order valence-electron chi connectivity index (χ1n) is 9.12. The molecule has 0 aromatic heterocycles. The summed E-state index contributed by atoms with van der Waals surface area (Å²) in [6.45, 7) is 6.99. The Morgan fingerprint density at radius 1 is 1.21 bits per heavy atom. The van der Waals surface area contributed by atoms with Crippen LogP contribution in [-0.2, 0) is 19.1 Å². The molecule has 0 radical (unpaired) electrons. The molecule has 0 fully saturated rings. The number of amides is 2. The summed E-state index contributed by atoms with van der Waals surface area (Å²) in [5.41, 5.74) is -0.167. The van der Waals surface area contributed by atoms with E-state index in [-0.39, 0.29) is 0 Å². The predicted octanol–water partition coefficient (Wildman–Crippen LogP) is 3.28. The molecule has 1 N–H and O–H groups in total. The van der Waals surface area contributed by atoms with Gasteiger partial charge >= 0.3 is 12.1 Å². The molecule has 0 saturated heterocycles. The van der Waals surface area contributed by atoms with Crippen LogP contribution in [-0.4, -0.2) is 55.8 Å². The first kappa shape index (κ1) is 25.0. The molecule has 0 saturated carbocycles. The average Bonchev–Trinajstić information content (AvgIpc) is 2.64. The van der Waals surface area contributed by atoms with Crippen LogP contribution in [0.1, 0.15) is 45.7 Å². The van der Waals surface area contributed by atoms with Gasteiger partial charge in [0, 0.05) is 7.05 Å². The van der Waals surface area contributed by atoms with Gasteiger partial charge in [0.15, 0.2) is 0 Å². The number of esters is 1. The van der Waals surface area contributed by atoms with Gasteiger partial charge in [-0.25, -0.2) is 9.59 Å². The Morgan fingerprint density at radius 2 is 1.83 bits per heavy atom. The summed E-state index contributed by atoms with van der Waals surface area (Å²) in [6, 6.07) is 3.34. The van der Waals surface area contributed by atoms with Gasteiger partial charge in [-0.2, -0.15) is 0 Å². The predicted molar refractivity (Wildman–Crippen MR) is 117 cm³/mol. The number of rotatable bonds is 7. The van der Waals surface area contributed by atoms with Crippen LogP contribution in [0, 0.1) is 3.57 Å². The molecular weight excluding hydrogens is 491 g/mol. The van der Waals surface area contributed by atoms with Crippen LogP contribution in [0.25, 0.3) is 0 Å². The Labute approximate surface area is 185 Å². The normalized spacial score (nSPS) is 13.1. The number of benzene rings is 1. The molecule has 1 rings (SSSR count). The minimum absolute atomic E-state index is 0.349. The SMILES string of the molecule is CC[C@H](NC(=O)[C@H](c1ccc(OC)c(I)c1)N(C)C(=O)OC(C)(C)C)C(=O)OC. The fourth-order valence-electron chi connectivity index (χ4n) is 2.56. The van der Waals surface area contributed by atoms with Crippen molar-refractivity contribution in [2.75, 3.05) is 21.3 Å². The second-order valence-electron chi connectivity index (χ2n) is 7.38. The maximum atomic E-state index is 13.1. The summed E-state index contributed by atoms with van der Waals surface area (Å²) >= 11 is 2.09. The number of hydrogen-bond acceptors (Lipinski definition) is 6. The van der Waals surface area contributed by atoms with Crippen LogP contribution in [0.2, 0.25) is 0 Å². The number of ether oxygens (including phenoxy) is 3. The first-order chi connectivity index (χ1) is 13.4. The van der Waals surface area contributed by atoms with Crippen LogP contribution in [0.15, 0.2) is 18.2 Å². The van der Waals surface area contributed by atoms with Gasteiger partial charge < -0.3 is 19.5 Å². The minimum Gasteiger partial charge on any atom is -0.496 e. The van der Waals surface area contributed by atoms with Crippen molar-refractivity contribution >= 4 is 40.6 Å². The molecule has 2 amide bonds. The van der Waals surface area contributed by atoms with E-state index in [0.717, 1.165) is 3.57 Å². The highest BCUT2D eigenvalue weighted by molar-refractivity contribution is 14.1. The molecule has 0 unspecified atom stereocenters. The van der Waals surface area contributed by atoms with Gasteiger partial charge in [-0.3, -0.25) is 9.69 Å². The fraction of sp³-hybridized carbons (Fsp3) is 0.550. The van der Waals surface area contributed by atoms with Crippen molar-refractivity contribution in [3.63, 3.8) is 0 Å². The molecule has 8 nitrogen and oxygen atoms in total. The van der Waals surface area contributed by atoms with E-state index >= 15 is 0 Å². The quantitative estimate of drug-likeness (QED) is 0.438. The largest absolute Gasteiger partial charge is 0.496 e. The van der Waals surface area contributed by atoms with Crippen molar-refractivity contribution in [3.05, 3.63) is 27.3 Å². The lowest BCUT2D eigenvalue weighted by molar-refractivity contribution is -0.145. The molecule has 0 aliphatic carbocycles. The lowest BCUT2D eigenvalue weighted by Crippen LogP contribution is -2.48. The number of carbonyl (C=O) groups excluding carboxylic acids is 3. The summed E-state index contributed by atoms with van der Waals surface area (Å²) in [6.07, 6.45) is -0.309. The number of nitrogens with zero attached hydrogens (tertiary/aromatic N) is 1. The van der Waals surface area contributed by atoms with E-state index in [9.17, 15) is 14.4 Å². The van der Waals surface area contributed by atoms with Crippen LogP contribution in [0.4, 0.5) is 4.79 Å². The maximum absolute atomic E-state index is 13.1. The summed E-state index contributed by atoms with van der Waals surface area (Å²) in [7, 11) is 4.29. The molecule has 1 aromatic rings. The molecule has 1 aromatic carbocycles. The minimum atomic E-state index is -1.01. The second kappa shape index (κ2) is 10.7. The van der Waals surface area contributed by atoms with Gasteiger partial charge in [0.2, 0.25) is 5.91 Å².